The lowest BCUT2D eigenvalue weighted by molar-refractivity contribution is 0.0693. The van der Waals surface area contributed by atoms with Crippen LogP contribution in [-0.2, 0) is 9.47 Å². The molecule has 0 saturated carbocycles. The minimum Gasteiger partial charge on any atom is -0.382 e. The van der Waals surface area contributed by atoms with E-state index in [1.54, 1.807) is 7.11 Å². The van der Waals surface area contributed by atoms with Gasteiger partial charge in [0.25, 0.3) is 0 Å². The summed E-state index contributed by atoms with van der Waals surface area (Å²) in [6.07, 6.45) is 2.24. The second kappa shape index (κ2) is 9.27. The number of rotatable bonds is 7. The zero-order valence-corrected chi connectivity index (χ0v) is 7.40. The van der Waals surface area contributed by atoms with Crippen LogP contribution in [0, 0.1) is 0 Å². The number of methoxy groups -OCH3 is 1. The Bertz CT molecular complexity index is 51.6. The lowest BCUT2D eigenvalue weighted by Gasteiger charge is -2.01. The zero-order chi connectivity index (χ0) is 7.66. The molecule has 0 aliphatic rings. The van der Waals surface area contributed by atoms with Crippen molar-refractivity contribution in [3.05, 3.63) is 0 Å². The molecule has 0 bridgehead atoms. The summed E-state index contributed by atoms with van der Waals surface area (Å²) in [6.45, 7) is 2.24. The second-order valence-corrected chi connectivity index (χ2v) is 2.48. The Labute approximate surface area is 68.3 Å². The van der Waals surface area contributed by atoms with Crippen molar-refractivity contribution in [2.24, 2.45) is 0 Å². The standard InChI is InChI=1S/C7H16O2S/c1-8-5-6-9-4-2-3-7-10/h10H,2-7H2,1H3. The van der Waals surface area contributed by atoms with Crippen LogP contribution in [0.2, 0.25) is 0 Å². The average Bonchev–Trinajstić information content (AvgIpc) is 1.97. The molecule has 0 aliphatic carbocycles. The first-order valence-electron chi connectivity index (χ1n) is 3.59. The predicted octanol–water partition coefficient (Wildman–Crippen LogP) is 1.36. The van der Waals surface area contributed by atoms with Crippen molar-refractivity contribution in [1.82, 2.24) is 0 Å². The Morgan fingerprint density at radius 3 is 2.50 bits per heavy atom. The molecule has 0 saturated heterocycles. The van der Waals surface area contributed by atoms with Crippen LogP contribution in [0.3, 0.4) is 0 Å². The van der Waals surface area contributed by atoms with Gasteiger partial charge in [-0.05, 0) is 18.6 Å². The van der Waals surface area contributed by atoms with E-state index >= 15 is 0 Å². The zero-order valence-electron chi connectivity index (χ0n) is 6.51. The summed E-state index contributed by atoms with van der Waals surface area (Å²) >= 11 is 4.08. The highest BCUT2D eigenvalue weighted by atomic mass is 32.1. The Morgan fingerprint density at radius 2 is 1.90 bits per heavy atom. The molecule has 10 heavy (non-hydrogen) atoms. The lowest BCUT2D eigenvalue weighted by atomic mass is 10.4. The highest BCUT2D eigenvalue weighted by molar-refractivity contribution is 7.80. The van der Waals surface area contributed by atoms with Gasteiger partial charge in [-0.2, -0.15) is 12.6 Å². The normalized spacial score (nSPS) is 10.2. The van der Waals surface area contributed by atoms with Crippen LogP contribution in [0.15, 0.2) is 0 Å². The fourth-order valence-corrected chi connectivity index (χ4v) is 0.784. The van der Waals surface area contributed by atoms with Crippen molar-refractivity contribution in [3.8, 4) is 0 Å². The van der Waals surface area contributed by atoms with Gasteiger partial charge < -0.3 is 9.47 Å². The predicted molar refractivity (Wildman–Crippen MR) is 45.8 cm³/mol. The Hall–Kier alpha value is 0.270. The lowest BCUT2D eigenvalue weighted by Crippen LogP contribution is -2.02. The molecule has 0 rings (SSSR count). The molecule has 0 aromatic rings. The molecule has 0 spiro atoms. The van der Waals surface area contributed by atoms with Crippen LogP contribution in [0.25, 0.3) is 0 Å². The van der Waals surface area contributed by atoms with Crippen molar-refractivity contribution < 1.29 is 9.47 Å². The van der Waals surface area contributed by atoms with Crippen LogP contribution >= 0.6 is 12.6 Å². The molecule has 0 aliphatic heterocycles. The van der Waals surface area contributed by atoms with Gasteiger partial charge in [-0.25, -0.2) is 0 Å². The molecule has 0 fully saturated rings. The maximum Gasteiger partial charge on any atom is 0.0700 e. The molecule has 3 heteroatoms. The molecular weight excluding hydrogens is 148 g/mol. The van der Waals surface area contributed by atoms with Gasteiger partial charge >= 0.3 is 0 Å². The summed E-state index contributed by atoms with van der Waals surface area (Å²) in [6, 6.07) is 0. The summed E-state index contributed by atoms with van der Waals surface area (Å²) in [5.74, 6) is 0.952. The first-order chi connectivity index (χ1) is 4.91. The third kappa shape index (κ3) is 8.27. The van der Waals surface area contributed by atoms with E-state index in [-0.39, 0.29) is 0 Å². The van der Waals surface area contributed by atoms with Gasteiger partial charge in [-0.3, -0.25) is 0 Å². The Morgan fingerprint density at radius 1 is 1.10 bits per heavy atom. The molecular formula is C7H16O2S. The van der Waals surface area contributed by atoms with Crippen molar-refractivity contribution in [1.29, 1.82) is 0 Å². The molecule has 0 amide bonds. The van der Waals surface area contributed by atoms with E-state index in [1.807, 2.05) is 0 Å². The number of hydrogen-bond acceptors (Lipinski definition) is 3. The van der Waals surface area contributed by atoms with Gasteiger partial charge in [-0.1, -0.05) is 0 Å². The van der Waals surface area contributed by atoms with Gasteiger partial charge in [0.05, 0.1) is 13.2 Å². The molecule has 2 nitrogen and oxygen atoms in total. The molecule has 62 valence electrons. The van der Waals surface area contributed by atoms with Crippen molar-refractivity contribution in [2.45, 2.75) is 12.8 Å². The van der Waals surface area contributed by atoms with E-state index in [1.165, 1.54) is 0 Å². The number of thiol groups is 1. The first-order valence-corrected chi connectivity index (χ1v) is 4.22. The second-order valence-electron chi connectivity index (χ2n) is 2.04. The third-order valence-corrected chi connectivity index (χ3v) is 1.44. The largest absolute Gasteiger partial charge is 0.382 e. The quantitative estimate of drug-likeness (QED) is 0.452. The van der Waals surface area contributed by atoms with Crippen molar-refractivity contribution in [3.63, 3.8) is 0 Å². The number of ether oxygens (including phenoxy) is 2. The van der Waals surface area contributed by atoms with E-state index in [4.69, 9.17) is 9.47 Å². The monoisotopic (exact) mass is 164 g/mol. The molecule has 0 radical (unpaired) electrons. The van der Waals surface area contributed by atoms with Crippen LogP contribution in [0.5, 0.6) is 0 Å². The number of hydrogen-bond donors (Lipinski definition) is 1. The Balaban J connectivity index is 2.65. The van der Waals surface area contributed by atoms with E-state index < -0.39 is 0 Å². The smallest absolute Gasteiger partial charge is 0.0700 e. The minimum atomic E-state index is 0.695. The maximum absolute atomic E-state index is 5.22. The Kier molecular flexibility index (Phi) is 9.52. The summed E-state index contributed by atoms with van der Waals surface area (Å²) in [7, 11) is 1.68. The molecule has 0 unspecified atom stereocenters. The molecule has 0 N–H and O–H groups in total. The SMILES string of the molecule is COCCOCCCCS. The number of unbranched alkanes of at least 4 members (excludes halogenated alkanes) is 1. The fourth-order valence-electron chi connectivity index (χ4n) is 0.560. The van der Waals surface area contributed by atoms with Gasteiger partial charge in [0.2, 0.25) is 0 Å². The summed E-state index contributed by atoms with van der Waals surface area (Å²) < 4.78 is 10.0. The summed E-state index contributed by atoms with van der Waals surface area (Å²) in [4.78, 5) is 0. The van der Waals surface area contributed by atoms with Crippen LogP contribution in [0.1, 0.15) is 12.8 Å². The van der Waals surface area contributed by atoms with Gasteiger partial charge in [0.15, 0.2) is 0 Å². The van der Waals surface area contributed by atoms with Gasteiger partial charge in [0, 0.05) is 13.7 Å². The van der Waals surface area contributed by atoms with E-state index in [0.717, 1.165) is 25.2 Å². The summed E-state index contributed by atoms with van der Waals surface area (Å²) in [5, 5.41) is 0. The average molecular weight is 164 g/mol. The summed E-state index contributed by atoms with van der Waals surface area (Å²) in [5.41, 5.74) is 0. The first kappa shape index (κ1) is 10.3. The minimum absolute atomic E-state index is 0.695. The molecule has 0 atom stereocenters. The maximum atomic E-state index is 5.22. The molecule has 0 aromatic heterocycles. The van der Waals surface area contributed by atoms with Crippen LogP contribution < -0.4 is 0 Å². The van der Waals surface area contributed by atoms with Crippen molar-refractivity contribution >= 4 is 12.6 Å². The molecule has 0 aromatic carbocycles. The van der Waals surface area contributed by atoms with E-state index in [2.05, 4.69) is 12.6 Å². The van der Waals surface area contributed by atoms with Crippen LogP contribution in [0.4, 0.5) is 0 Å². The van der Waals surface area contributed by atoms with Gasteiger partial charge in [-0.15, -0.1) is 0 Å². The van der Waals surface area contributed by atoms with Crippen molar-refractivity contribution in [2.75, 3.05) is 32.7 Å². The fraction of sp³-hybridized carbons (Fsp3) is 1.00. The van der Waals surface area contributed by atoms with Crippen LogP contribution in [-0.4, -0.2) is 32.7 Å². The van der Waals surface area contributed by atoms with E-state index in [9.17, 15) is 0 Å². The topological polar surface area (TPSA) is 18.5 Å². The van der Waals surface area contributed by atoms with E-state index in [0.29, 0.717) is 13.2 Å². The highest BCUT2D eigenvalue weighted by Crippen LogP contribution is 1.91. The molecule has 0 heterocycles. The highest BCUT2D eigenvalue weighted by Gasteiger charge is 1.86. The van der Waals surface area contributed by atoms with Gasteiger partial charge in [0.1, 0.15) is 0 Å². The third-order valence-electron chi connectivity index (χ3n) is 1.13.